The number of halogens is 1. The molecule has 0 aliphatic carbocycles. The number of hydrogen-bond acceptors (Lipinski definition) is 2. The van der Waals surface area contributed by atoms with Crippen molar-refractivity contribution in [1.82, 2.24) is 5.32 Å². The van der Waals surface area contributed by atoms with Crippen molar-refractivity contribution in [3.8, 4) is 0 Å². The maximum absolute atomic E-state index is 13.2. The predicted octanol–water partition coefficient (Wildman–Crippen LogP) is 5.44. The highest BCUT2D eigenvalue weighted by Gasteiger charge is 2.18. The Hall–Kier alpha value is -2.00. The third-order valence-electron chi connectivity index (χ3n) is 4.88. The molecule has 0 aromatic heterocycles. The second-order valence-corrected chi connectivity index (χ2v) is 7.20. The van der Waals surface area contributed by atoms with Crippen LogP contribution >= 0.6 is 0 Å². The van der Waals surface area contributed by atoms with Gasteiger partial charge in [0.05, 0.1) is 0 Å². The summed E-state index contributed by atoms with van der Waals surface area (Å²) in [6.45, 7) is 12.7. The lowest BCUT2D eigenvalue weighted by atomic mass is 9.90. The van der Waals surface area contributed by atoms with Crippen LogP contribution in [0.4, 0.5) is 4.39 Å². The summed E-state index contributed by atoms with van der Waals surface area (Å²) in [7, 11) is 0. The number of Topliss-reactive ketones (excluding diaryl/α,β-unsaturated/α-hetero) is 1. The number of ketones is 1. The van der Waals surface area contributed by atoms with E-state index in [0.717, 1.165) is 22.3 Å². The minimum Gasteiger partial charge on any atom is -0.306 e. The number of nitrogens with one attached hydrogen (secondary N) is 1. The molecule has 2 aromatic rings. The molecule has 0 radical (unpaired) electrons. The molecule has 3 heteroatoms. The van der Waals surface area contributed by atoms with E-state index in [1.165, 1.54) is 23.3 Å². The maximum atomic E-state index is 13.2. The Morgan fingerprint density at radius 1 is 1.08 bits per heavy atom. The van der Waals surface area contributed by atoms with Crippen LogP contribution in [0, 0.1) is 32.5 Å². The van der Waals surface area contributed by atoms with Gasteiger partial charge in [-0.2, -0.15) is 0 Å². The number of carbonyl (C=O) groups is 1. The van der Waals surface area contributed by atoms with E-state index < -0.39 is 0 Å². The highest BCUT2D eigenvalue weighted by molar-refractivity contribution is 5.97. The van der Waals surface area contributed by atoms with Crippen LogP contribution in [-0.4, -0.2) is 5.78 Å². The molecule has 1 atom stereocenters. The van der Waals surface area contributed by atoms with Gasteiger partial charge in [-0.25, -0.2) is 4.39 Å². The molecule has 0 heterocycles. The Balaban J connectivity index is 2.31. The summed E-state index contributed by atoms with van der Waals surface area (Å²) >= 11 is 0. The van der Waals surface area contributed by atoms with E-state index in [1.54, 1.807) is 6.92 Å². The zero-order valence-electron chi connectivity index (χ0n) is 16.0. The van der Waals surface area contributed by atoms with Crippen LogP contribution in [0.5, 0.6) is 0 Å². The summed E-state index contributed by atoms with van der Waals surface area (Å²) in [4.78, 5) is 12.0. The van der Waals surface area contributed by atoms with Crippen molar-refractivity contribution in [3.05, 3.63) is 69.5 Å². The van der Waals surface area contributed by atoms with E-state index in [9.17, 15) is 9.18 Å². The van der Waals surface area contributed by atoms with Crippen molar-refractivity contribution in [2.75, 3.05) is 0 Å². The lowest BCUT2D eigenvalue weighted by molar-refractivity contribution is 0.101. The van der Waals surface area contributed by atoms with Gasteiger partial charge >= 0.3 is 0 Å². The van der Waals surface area contributed by atoms with Crippen LogP contribution in [-0.2, 0) is 6.54 Å². The van der Waals surface area contributed by atoms with Gasteiger partial charge in [-0.3, -0.25) is 4.79 Å². The summed E-state index contributed by atoms with van der Waals surface area (Å²) < 4.78 is 13.2. The standard InChI is InChI=1S/C22H28FNO/c1-13(2)22(18-7-9-19(23)10-8-18)24-12-20-14(3)11-15(4)21(16(20)5)17(6)25/h7-11,13,22,24H,12H2,1-6H3/t22-/m1/s1. The average molecular weight is 341 g/mol. The van der Waals surface area contributed by atoms with Crippen molar-refractivity contribution < 1.29 is 9.18 Å². The molecule has 1 N–H and O–H groups in total. The van der Waals surface area contributed by atoms with Gasteiger partial charge < -0.3 is 5.32 Å². The fourth-order valence-corrected chi connectivity index (χ4v) is 3.66. The van der Waals surface area contributed by atoms with Gasteiger partial charge in [0.1, 0.15) is 5.82 Å². The van der Waals surface area contributed by atoms with Gasteiger partial charge in [0.2, 0.25) is 0 Å². The smallest absolute Gasteiger partial charge is 0.160 e. The molecule has 0 saturated heterocycles. The molecule has 2 aromatic carbocycles. The quantitative estimate of drug-likeness (QED) is 0.709. The van der Waals surface area contributed by atoms with Gasteiger partial charge in [-0.15, -0.1) is 0 Å². The highest BCUT2D eigenvalue weighted by Crippen LogP contribution is 2.26. The normalized spacial score (nSPS) is 12.5. The largest absolute Gasteiger partial charge is 0.306 e. The molecule has 0 aliphatic rings. The average Bonchev–Trinajstić information content (AvgIpc) is 2.50. The fraction of sp³-hybridized carbons (Fsp3) is 0.409. The lowest BCUT2D eigenvalue weighted by Gasteiger charge is -2.25. The second kappa shape index (κ2) is 7.92. The van der Waals surface area contributed by atoms with E-state index in [2.05, 4.69) is 32.2 Å². The summed E-state index contributed by atoms with van der Waals surface area (Å²) in [6.07, 6.45) is 0. The first-order valence-electron chi connectivity index (χ1n) is 8.81. The van der Waals surface area contributed by atoms with Crippen LogP contribution in [0.3, 0.4) is 0 Å². The molecule has 0 amide bonds. The van der Waals surface area contributed by atoms with Crippen molar-refractivity contribution >= 4 is 5.78 Å². The van der Waals surface area contributed by atoms with Gasteiger partial charge in [0.25, 0.3) is 0 Å². The van der Waals surface area contributed by atoms with Crippen LogP contribution in [0.2, 0.25) is 0 Å². The minimum absolute atomic E-state index is 0.107. The van der Waals surface area contributed by atoms with Crippen LogP contribution in [0.1, 0.15) is 65.0 Å². The number of rotatable bonds is 6. The Morgan fingerprint density at radius 2 is 1.68 bits per heavy atom. The molecule has 0 unspecified atom stereocenters. The zero-order chi connectivity index (χ0) is 18.7. The summed E-state index contributed by atoms with van der Waals surface area (Å²) in [5.74, 6) is 0.251. The van der Waals surface area contributed by atoms with Crippen molar-refractivity contribution in [3.63, 3.8) is 0 Å². The Kier molecular flexibility index (Phi) is 6.12. The highest BCUT2D eigenvalue weighted by atomic mass is 19.1. The lowest BCUT2D eigenvalue weighted by Crippen LogP contribution is -2.26. The SMILES string of the molecule is CC(=O)c1c(C)cc(C)c(CN[C@@H](c2ccc(F)cc2)C(C)C)c1C. The monoisotopic (exact) mass is 341 g/mol. The third-order valence-corrected chi connectivity index (χ3v) is 4.88. The maximum Gasteiger partial charge on any atom is 0.160 e. The molecular formula is C22H28FNO. The van der Waals surface area contributed by atoms with Crippen LogP contribution in [0.25, 0.3) is 0 Å². The molecule has 0 aliphatic heterocycles. The third kappa shape index (κ3) is 4.35. The topological polar surface area (TPSA) is 29.1 Å². The van der Waals surface area contributed by atoms with E-state index in [1.807, 2.05) is 26.0 Å². The van der Waals surface area contributed by atoms with Gasteiger partial charge in [-0.1, -0.05) is 32.0 Å². The van der Waals surface area contributed by atoms with Crippen LogP contribution < -0.4 is 5.32 Å². The van der Waals surface area contributed by atoms with Gasteiger partial charge in [0.15, 0.2) is 5.78 Å². The summed E-state index contributed by atoms with van der Waals surface area (Å²) in [5, 5.41) is 3.60. The summed E-state index contributed by atoms with van der Waals surface area (Å²) in [5.41, 5.74) is 6.35. The van der Waals surface area contributed by atoms with Crippen LogP contribution in [0.15, 0.2) is 30.3 Å². The first kappa shape index (κ1) is 19.3. The zero-order valence-corrected chi connectivity index (χ0v) is 16.0. The second-order valence-electron chi connectivity index (χ2n) is 7.20. The molecule has 0 bridgehead atoms. The first-order chi connectivity index (χ1) is 11.7. The predicted molar refractivity (Wildman–Crippen MR) is 101 cm³/mol. The molecule has 2 rings (SSSR count). The van der Waals surface area contributed by atoms with Crippen molar-refractivity contribution in [2.24, 2.45) is 5.92 Å². The number of benzene rings is 2. The van der Waals surface area contributed by atoms with E-state index in [4.69, 9.17) is 0 Å². The van der Waals surface area contributed by atoms with Gasteiger partial charge in [0, 0.05) is 18.2 Å². The Bertz CT molecular complexity index is 763. The Morgan fingerprint density at radius 3 is 2.20 bits per heavy atom. The van der Waals surface area contributed by atoms with Crippen molar-refractivity contribution in [2.45, 2.75) is 54.1 Å². The van der Waals surface area contributed by atoms with E-state index in [0.29, 0.717) is 12.5 Å². The van der Waals surface area contributed by atoms with Gasteiger partial charge in [-0.05, 0) is 73.6 Å². The number of aryl methyl sites for hydroxylation is 2. The van der Waals surface area contributed by atoms with Crippen molar-refractivity contribution in [1.29, 1.82) is 0 Å². The molecule has 0 fully saturated rings. The first-order valence-corrected chi connectivity index (χ1v) is 8.81. The van der Waals surface area contributed by atoms with E-state index >= 15 is 0 Å². The number of carbonyl (C=O) groups excluding carboxylic acids is 1. The fourth-order valence-electron chi connectivity index (χ4n) is 3.66. The molecule has 0 saturated carbocycles. The molecule has 0 spiro atoms. The Labute approximate surface area is 150 Å². The summed E-state index contributed by atoms with van der Waals surface area (Å²) in [6, 6.07) is 8.89. The molecule has 134 valence electrons. The van der Waals surface area contributed by atoms with E-state index in [-0.39, 0.29) is 17.6 Å². The number of hydrogen-bond donors (Lipinski definition) is 1. The molecular weight excluding hydrogens is 313 g/mol. The molecule has 25 heavy (non-hydrogen) atoms. The molecule has 2 nitrogen and oxygen atoms in total. The minimum atomic E-state index is -0.220.